The molecule has 0 saturated carbocycles. The van der Waals surface area contributed by atoms with Gasteiger partial charge in [-0.1, -0.05) is 186 Å². The fourth-order valence-electron chi connectivity index (χ4n) is 11.1. The minimum Gasteiger partial charge on any atom is -0.307 e. The van der Waals surface area contributed by atoms with Gasteiger partial charge in [0.1, 0.15) is 0 Å². The Hall–Kier alpha value is -10.3. The van der Waals surface area contributed by atoms with E-state index in [0.717, 1.165) is 88.4 Å². The Labute approximate surface area is 451 Å². The summed E-state index contributed by atoms with van der Waals surface area (Å²) in [6.07, 6.45) is 4.02. The van der Waals surface area contributed by atoms with Crippen LogP contribution in [0, 0.1) is 27.7 Å². The summed E-state index contributed by atoms with van der Waals surface area (Å²) >= 11 is 0. The summed E-state index contributed by atoms with van der Waals surface area (Å²) in [5.74, 6) is 3.05. The molecule has 0 spiro atoms. The molecule has 5 heterocycles. The first kappa shape index (κ1) is 46.3. The second kappa shape index (κ2) is 18.8. The van der Waals surface area contributed by atoms with Crippen molar-refractivity contribution < 1.29 is 0 Å². The number of fused-ring (bicyclic) bond motifs is 6. The molecule has 14 rings (SSSR count). The van der Waals surface area contributed by atoms with Crippen molar-refractivity contribution >= 4 is 43.6 Å². The summed E-state index contributed by atoms with van der Waals surface area (Å²) in [6, 6.07) is 73.7. The Bertz CT molecular complexity index is 4260. The van der Waals surface area contributed by atoms with Gasteiger partial charge in [0, 0.05) is 60.5 Å². The Kier molecular flexibility index (Phi) is 11.2. The molecule has 9 aromatic carbocycles. The van der Waals surface area contributed by atoms with E-state index in [2.05, 4.69) is 128 Å². The molecule has 0 radical (unpaired) electrons. The molecule has 0 N–H and O–H groups in total. The van der Waals surface area contributed by atoms with Crippen molar-refractivity contribution in [2.45, 2.75) is 27.7 Å². The van der Waals surface area contributed by atoms with Crippen molar-refractivity contribution in [1.29, 1.82) is 0 Å². The fourth-order valence-corrected chi connectivity index (χ4v) is 11.1. The molecule has 0 saturated heterocycles. The van der Waals surface area contributed by atoms with E-state index in [-0.39, 0.29) is 0 Å². The maximum absolute atomic E-state index is 5.53. The van der Waals surface area contributed by atoms with Gasteiger partial charge in [-0.15, -0.1) is 0 Å². The third kappa shape index (κ3) is 7.99. The third-order valence-electron chi connectivity index (χ3n) is 14.7. The number of rotatable bonds is 9. The topological polar surface area (TPSA) is 100 Å². The lowest BCUT2D eigenvalue weighted by molar-refractivity contribution is 1.06. The number of pyridine rings is 1. The average molecular weight is 1000 g/mol. The van der Waals surface area contributed by atoms with Crippen LogP contribution in [0.4, 0.5) is 0 Å². The van der Waals surface area contributed by atoms with Gasteiger partial charge in [-0.3, -0.25) is 4.98 Å². The Morgan fingerprint density at radius 1 is 0.269 bits per heavy atom. The van der Waals surface area contributed by atoms with Crippen molar-refractivity contribution in [1.82, 2.24) is 44.0 Å². The highest BCUT2D eigenvalue weighted by Crippen LogP contribution is 2.47. The summed E-state index contributed by atoms with van der Waals surface area (Å²) in [6.45, 7) is 8.63. The van der Waals surface area contributed by atoms with Gasteiger partial charge in [-0.05, 0) is 81.8 Å². The van der Waals surface area contributed by atoms with E-state index >= 15 is 0 Å². The van der Waals surface area contributed by atoms with E-state index < -0.39 is 0 Å². The molecule has 0 amide bonds. The van der Waals surface area contributed by atoms with Crippen LogP contribution in [0.3, 0.4) is 0 Å². The van der Waals surface area contributed by atoms with Gasteiger partial charge in [0.2, 0.25) is 0 Å². The molecule has 78 heavy (non-hydrogen) atoms. The zero-order valence-electron chi connectivity index (χ0n) is 43.4. The van der Waals surface area contributed by atoms with Crippen LogP contribution in [0.5, 0.6) is 0 Å². The molecule has 9 heteroatoms. The quantitative estimate of drug-likeness (QED) is 0.142. The van der Waals surface area contributed by atoms with E-state index in [9.17, 15) is 0 Å². The number of benzene rings is 9. The second-order valence-corrected chi connectivity index (χ2v) is 20.1. The fraction of sp³-hybridized carbons (Fsp3) is 0.0580. The average Bonchev–Trinajstić information content (AvgIpc) is 4.15. The van der Waals surface area contributed by atoms with Crippen LogP contribution in [0.2, 0.25) is 0 Å². The predicted molar refractivity (Wildman–Crippen MR) is 317 cm³/mol. The highest BCUT2D eigenvalue weighted by Gasteiger charge is 2.29. The molecule has 0 aliphatic heterocycles. The first-order chi connectivity index (χ1) is 38.3. The van der Waals surface area contributed by atoms with Gasteiger partial charge in [0.05, 0.1) is 45.8 Å². The lowest BCUT2D eigenvalue weighted by Gasteiger charge is -2.22. The minimum absolute atomic E-state index is 0.451. The molecule has 0 unspecified atom stereocenters. The van der Waals surface area contributed by atoms with Crippen LogP contribution < -0.4 is 0 Å². The molecule has 0 bridgehead atoms. The molecule has 14 aromatic rings. The maximum Gasteiger partial charge on any atom is 0.165 e. The minimum atomic E-state index is 0.451. The summed E-state index contributed by atoms with van der Waals surface area (Å²) in [5, 5.41) is 4.63. The lowest BCUT2D eigenvalue weighted by atomic mass is 9.92. The van der Waals surface area contributed by atoms with E-state index in [1.54, 1.807) is 0 Å². The van der Waals surface area contributed by atoms with Crippen molar-refractivity contribution in [2.24, 2.45) is 0 Å². The Morgan fingerprint density at radius 2 is 0.577 bits per heavy atom. The van der Waals surface area contributed by atoms with Gasteiger partial charge < -0.3 is 9.13 Å². The van der Waals surface area contributed by atoms with Gasteiger partial charge in [-0.2, -0.15) is 0 Å². The lowest BCUT2D eigenvalue weighted by Crippen LogP contribution is -2.08. The summed E-state index contributed by atoms with van der Waals surface area (Å²) in [7, 11) is 0. The number of aryl methyl sites for hydroxylation is 4. The van der Waals surface area contributed by atoms with Gasteiger partial charge in [0.15, 0.2) is 34.9 Å². The maximum atomic E-state index is 5.53. The zero-order chi connectivity index (χ0) is 52.4. The van der Waals surface area contributed by atoms with Crippen LogP contribution in [0.25, 0.3) is 134 Å². The van der Waals surface area contributed by atoms with E-state index in [0.29, 0.717) is 46.1 Å². The number of nitrogens with zero attached hydrogens (tertiary/aromatic N) is 9. The molecule has 370 valence electrons. The van der Waals surface area contributed by atoms with Crippen LogP contribution in [-0.2, 0) is 0 Å². The molecule has 9 nitrogen and oxygen atoms in total. The second-order valence-electron chi connectivity index (χ2n) is 20.1. The molecular formula is C69H49N9. The molecule has 5 aromatic heterocycles. The number of hydrogen-bond acceptors (Lipinski definition) is 7. The summed E-state index contributed by atoms with van der Waals surface area (Å²) in [5.41, 5.74) is 17.3. The molecule has 0 aliphatic carbocycles. The molecule has 0 atom stereocenters. The molecular weight excluding hydrogens is 955 g/mol. The molecule has 0 aliphatic rings. The Balaban J connectivity index is 1.18. The summed E-state index contributed by atoms with van der Waals surface area (Å²) in [4.78, 5) is 37.5. The Morgan fingerprint density at radius 3 is 0.923 bits per heavy atom. The van der Waals surface area contributed by atoms with Crippen LogP contribution >= 0.6 is 0 Å². The van der Waals surface area contributed by atoms with Gasteiger partial charge in [-0.25, -0.2) is 29.9 Å². The third-order valence-corrected chi connectivity index (χ3v) is 14.7. The first-order valence-electron chi connectivity index (χ1n) is 26.2. The normalized spacial score (nSPS) is 11.6. The van der Waals surface area contributed by atoms with Crippen LogP contribution in [-0.4, -0.2) is 44.0 Å². The smallest absolute Gasteiger partial charge is 0.165 e. The largest absolute Gasteiger partial charge is 0.307 e. The molecule has 0 fully saturated rings. The van der Waals surface area contributed by atoms with E-state index in [1.165, 1.54) is 22.3 Å². The van der Waals surface area contributed by atoms with Crippen molar-refractivity contribution in [2.75, 3.05) is 0 Å². The monoisotopic (exact) mass is 1000 g/mol. The summed E-state index contributed by atoms with van der Waals surface area (Å²) < 4.78 is 4.77. The van der Waals surface area contributed by atoms with Crippen LogP contribution in [0.15, 0.2) is 225 Å². The zero-order valence-corrected chi connectivity index (χ0v) is 43.4. The predicted octanol–water partition coefficient (Wildman–Crippen LogP) is 16.5. The van der Waals surface area contributed by atoms with Crippen molar-refractivity contribution in [3.63, 3.8) is 0 Å². The highest BCUT2D eigenvalue weighted by atomic mass is 15.1. The van der Waals surface area contributed by atoms with Gasteiger partial charge in [0.25, 0.3) is 0 Å². The van der Waals surface area contributed by atoms with Gasteiger partial charge >= 0.3 is 0 Å². The van der Waals surface area contributed by atoms with E-state index in [4.69, 9.17) is 34.9 Å². The first-order valence-corrected chi connectivity index (χ1v) is 26.2. The standard InChI is InChI=1S/C69H49N9/c1-42-28-32-56-52(36-42)53-37-43(2)29-33-57(53)77(56)60-40-70-41-61(78-58-34-30-44(3)38-54(58)55-39-45(4)31-35-59(55)78)63(60)50-26-17-27-51(68-73-64(46-18-9-5-10-19-46)71-65(74-68)47-20-11-6-12-21-47)62(50)69-75-66(48-22-13-7-14-23-48)72-67(76-69)49-24-15-8-16-25-49/h5-41H,1-4H3. The van der Waals surface area contributed by atoms with E-state index in [1.807, 2.05) is 134 Å². The number of hydrogen-bond donors (Lipinski definition) is 0. The SMILES string of the molecule is Cc1ccc2c(c1)c1cc(C)ccc1n2-c1cncc(-n2c3ccc(C)cc3c3cc(C)ccc32)c1-c1cccc(-c2nc(-c3ccccc3)nc(-c3ccccc3)n2)c1-c1nc(-c2ccccc2)nc(-c2ccccc2)n1. The van der Waals surface area contributed by atoms with Crippen molar-refractivity contribution in [3.05, 3.63) is 247 Å². The van der Waals surface area contributed by atoms with Crippen LogP contribution in [0.1, 0.15) is 22.3 Å². The highest BCUT2D eigenvalue weighted by molar-refractivity contribution is 6.13. The number of aromatic nitrogens is 9. The van der Waals surface area contributed by atoms with Crippen molar-refractivity contribution in [3.8, 4) is 90.8 Å².